The molecule has 1 saturated carbocycles. The van der Waals surface area contributed by atoms with E-state index in [1.165, 1.54) is 57.3 Å². The monoisotopic (exact) mass is 694 g/mol. The van der Waals surface area contributed by atoms with Gasteiger partial charge in [-0.15, -0.1) is 0 Å². The molecule has 0 spiro atoms. The molecule has 0 unspecified atom stereocenters. The van der Waals surface area contributed by atoms with Gasteiger partial charge >= 0.3 is 262 Å². The molecule has 3 heteroatoms. The summed E-state index contributed by atoms with van der Waals surface area (Å²) in [4.78, 5) is 0. The van der Waals surface area contributed by atoms with Gasteiger partial charge in [0.25, 0.3) is 0 Å². The van der Waals surface area contributed by atoms with Gasteiger partial charge in [0.05, 0.1) is 0 Å². The Morgan fingerprint density at radius 3 is 1.70 bits per heavy atom. The van der Waals surface area contributed by atoms with Crippen molar-refractivity contribution in [1.82, 2.24) is 0 Å². The van der Waals surface area contributed by atoms with E-state index in [1.807, 2.05) is 3.21 Å². The molecule has 0 amide bonds. The minimum absolute atomic E-state index is 0. The van der Waals surface area contributed by atoms with Gasteiger partial charge in [-0.05, 0) is 0 Å². The van der Waals surface area contributed by atoms with Crippen molar-refractivity contribution in [2.75, 3.05) is 0 Å². The van der Waals surface area contributed by atoms with Crippen LogP contribution in [0.5, 0.6) is 0 Å². The van der Waals surface area contributed by atoms with Crippen LogP contribution in [0.15, 0.2) is 103 Å². The van der Waals surface area contributed by atoms with Crippen LogP contribution in [0.2, 0.25) is 3.63 Å². The van der Waals surface area contributed by atoms with Crippen LogP contribution in [-0.4, -0.2) is 3.21 Å². The molecule has 0 radical (unpaired) electrons. The minimum Gasteiger partial charge on any atom is -1.00 e. The summed E-state index contributed by atoms with van der Waals surface area (Å²) in [5.74, 6) is 0. The fraction of sp³-hybridized carbons (Fsp3) is 0.293. The number of allylic oxidation sites excluding steroid dienone is 4. The van der Waals surface area contributed by atoms with Crippen LogP contribution in [0.4, 0.5) is 0 Å². The number of rotatable bonds is 4. The molecule has 0 bridgehead atoms. The average Bonchev–Trinajstić information content (AvgIpc) is 3.51. The number of fused-ring (bicyclic) bond motifs is 3. The van der Waals surface area contributed by atoms with Crippen molar-refractivity contribution < 1.29 is 46.1 Å². The van der Waals surface area contributed by atoms with Gasteiger partial charge in [0.2, 0.25) is 0 Å². The molecule has 7 rings (SSSR count). The Balaban J connectivity index is 0.00000192. The summed E-state index contributed by atoms with van der Waals surface area (Å²) < 4.78 is 4.33. The molecule has 0 atom stereocenters. The zero-order chi connectivity index (χ0) is 29.2. The molecule has 1 fully saturated rings. The van der Waals surface area contributed by atoms with Crippen molar-refractivity contribution in [2.45, 2.75) is 75.3 Å². The standard InChI is InChI=1S/C33H33.C5H5.C3H4.2ClH.Zr/c1-32(2,3)30-20-26-24(18-28(30)22-13-9-7-10-14-22)17-25-19-29(23-15-11-8-12-16-23)31(21-27(25)26)33(4,5)6;1-2-4-5-3-1;1-2-3-1;;;/h7-16,18,20-21H,17H2,1-6H3;1-5H;1-2H2;2*1H;/q;;;;;+2/p-2. The first kappa shape index (κ1) is 33.1. The third kappa shape index (κ3) is 5.98. The molecule has 0 aromatic heterocycles. The molecule has 44 heavy (non-hydrogen) atoms. The summed E-state index contributed by atoms with van der Waals surface area (Å²) in [5.41, 5.74) is 14.9. The topological polar surface area (TPSA) is 0 Å². The second kappa shape index (κ2) is 12.5. The molecule has 0 saturated heterocycles. The molecule has 224 valence electrons. The number of benzene rings is 4. The Hall–Kier alpha value is -2.31. The van der Waals surface area contributed by atoms with E-state index >= 15 is 0 Å². The Kier molecular flexibility index (Phi) is 9.37. The summed E-state index contributed by atoms with van der Waals surface area (Å²) in [6, 6.07) is 30.2. The summed E-state index contributed by atoms with van der Waals surface area (Å²) in [6.07, 6.45) is 13.4. The Bertz CT molecular complexity index is 1780. The van der Waals surface area contributed by atoms with Crippen molar-refractivity contribution in [1.29, 1.82) is 0 Å². The first-order chi connectivity index (χ1) is 20.1. The van der Waals surface area contributed by atoms with E-state index in [1.54, 1.807) is 14.4 Å². The third-order valence-corrected chi connectivity index (χ3v) is 17.7. The SMILES string of the molecule is CC(C)(C)c1cc2c(cc1-c1ccccc1)Cc1c-2cc(C(C)(C)C)c(-c2ccccc2)[c]1[Zr+2](=[C]1CC1)[CH]1C=CC=C1.[Cl-].[Cl-]. The van der Waals surface area contributed by atoms with Crippen LogP contribution in [0, 0.1) is 0 Å². The normalized spacial score (nSPS) is 14.8. The van der Waals surface area contributed by atoms with Gasteiger partial charge in [-0.1, -0.05) is 0 Å². The van der Waals surface area contributed by atoms with Gasteiger partial charge in [-0.3, -0.25) is 0 Å². The van der Waals surface area contributed by atoms with Crippen molar-refractivity contribution in [3.05, 3.63) is 125 Å². The Morgan fingerprint density at radius 1 is 0.614 bits per heavy atom. The van der Waals surface area contributed by atoms with E-state index in [0.29, 0.717) is 3.63 Å². The Labute approximate surface area is 284 Å². The first-order valence-corrected chi connectivity index (χ1v) is 19.6. The van der Waals surface area contributed by atoms with E-state index < -0.39 is 21.3 Å². The van der Waals surface area contributed by atoms with Gasteiger partial charge in [0.1, 0.15) is 0 Å². The molecule has 0 heterocycles. The zero-order valence-corrected chi connectivity index (χ0v) is 30.7. The maximum Gasteiger partial charge on any atom is -1.00 e. The molecular formula is C41H42Cl2Zr. The van der Waals surface area contributed by atoms with E-state index in [0.717, 1.165) is 6.42 Å². The van der Waals surface area contributed by atoms with Gasteiger partial charge in [-0.25, -0.2) is 0 Å². The summed E-state index contributed by atoms with van der Waals surface area (Å²) in [6.45, 7) is 14.4. The van der Waals surface area contributed by atoms with Crippen LogP contribution in [0.3, 0.4) is 0 Å². The fourth-order valence-electron chi connectivity index (χ4n) is 7.19. The molecule has 3 aliphatic rings. The molecule has 3 aliphatic carbocycles. The van der Waals surface area contributed by atoms with Crippen molar-refractivity contribution in [3.63, 3.8) is 0 Å². The molecule has 4 aromatic rings. The van der Waals surface area contributed by atoms with Crippen LogP contribution in [-0.2, 0) is 38.5 Å². The summed E-state index contributed by atoms with van der Waals surface area (Å²) >= 11 is -2.25. The molecule has 4 aromatic carbocycles. The second-order valence-corrected chi connectivity index (χ2v) is 21.1. The van der Waals surface area contributed by atoms with Crippen LogP contribution < -0.4 is 28.1 Å². The third-order valence-electron chi connectivity index (χ3n) is 9.33. The molecule has 0 N–H and O–H groups in total. The smallest absolute Gasteiger partial charge is 1.00 e. The largest absolute Gasteiger partial charge is 1.00 e. The summed E-state index contributed by atoms with van der Waals surface area (Å²) in [7, 11) is 0. The van der Waals surface area contributed by atoms with Gasteiger partial charge in [-0.2, -0.15) is 0 Å². The average molecular weight is 697 g/mol. The van der Waals surface area contributed by atoms with Crippen molar-refractivity contribution in [2.24, 2.45) is 0 Å². The van der Waals surface area contributed by atoms with E-state index in [9.17, 15) is 0 Å². The van der Waals surface area contributed by atoms with Gasteiger partial charge in [0.15, 0.2) is 0 Å². The van der Waals surface area contributed by atoms with Crippen molar-refractivity contribution in [3.8, 4) is 33.4 Å². The molecular weight excluding hydrogens is 655 g/mol. The number of hydrogen-bond acceptors (Lipinski definition) is 0. The van der Waals surface area contributed by atoms with Crippen LogP contribution in [0.25, 0.3) is 33.4 Å². The predicted octanol–water partition coefficient (Wildman–Crippen LogP) is 4.32. The summed E-state index contributed by atoms with van der Waals surface area (Å²) in [5, 5.41) is 0. The predicted molar refractivity (Wildman–Crippen MR) is 179 cm³/mol. The maximum atomic E-state index is 2.61. The minimum atomic E-state index is -2.25. The van der Waals surface area contributed by atoms with Gasteiger partial charge < -0.3 is 24.8 Å². The van der Waals surface area contributed by atoms with Crippen molar-refractivity contribution >= 4 is 6.48 Å². The molecule has 0 nitrogen and oxygen atoms in total. The Morgan fingerprint density at radius 2 is 1.16 bits per heavy atom. The van der Waals surface area contributed by atoms with Crippen LogP contribution in [0.1, 0.15) is 76.6 Å². The fourth-order valence-corrected chi connectivity index (χ4v) is 15.9. The van der Waals surface area contributed by atoms with Gasteiger partial charge in [0, 0.05) is 0 Å². The number of halogens is 2. The maximum absolute atomic E-state index is 2.61. The zero-order valence-electron chi connectivity index (χ0n) is 26.8. The quantitative estimate of drug-likeness (QED) is 0.263. The first-order valence-electron chi connectivity index (χ1n) is 15.7. The van der Waals surface area contributed by atoms with E-state index in [-0.39, 0.29) is 35.6 Å². The van der Waals surface area contributed by atoms with E-state index in [2.05, 4.69) is 145 Å². The van der Waals surface area contributed by atoms with Crippen LogP contribution >= 0.6 is 0 Å². The number of hydrogen-bond donors (Lipinski definition) is 0. The van der Waals surface area contributed by atoms with E-state index in [4.69, 9.17) is 0 Å². The second-order valence-electron chi connectivity index (χ2n) is 14.5. The molecule has 0 aliphatic heterocycles.